The van der Waals surface area contributed by atoms with E-state index >= 15 is 0 Å². The van der Waals surface area contributed by atoms with Crippen LogP contribution in [0.15, 0.2) is 35.1 Å². The Balaban J connectivity index is 1.52. The van der Waals surface area contributed by atoms with Gasteiger partial charge in [0.25, 0.3) is 5.91 Å². The molecule has 2 fully saturated rings. The van der Waals surface area contributed by atoms with Crippen LogP contribution in [0.25, 0.3) is 11.3 Å². The Kier molecular flexibility index (Phi) is 3.38. The summed E-state index contributed by atoms with van der Waals surface area (Å²) in [6, 6.07) is 6.37. The molecular weight excluding hydrogens is 280 g/mol. The second-order valence-corrected chi connectivity index (χ2v) is 5.99. The van der Waals surface area contributed by atoms with E-state index in [4.69, 9.17) is 4.52 Å². The van der Waals surface area contributed by atoms with E-state index in [1.807, 2.05) is 17.0 Å². The maximum atomic E-state index is 12.6. The fourth-order valence-corrected chi connectivity index (χ4v) is 3.32. The smallest absolute Gasteiger partial charge is 0.276 e. The summed E-state index contributed by atoms with van der Waals surface area (Å²) in [7, 11) is 0. The lowest BCUT2D eigenvalue weighted by Gasteiger charge is -2.23. The molecule has 2 aliphatic rings. The van der Waals surface area contributed by atoms with Gasteiger partial charge in [-0.05, 0) is 31.4 Å². The topological polar surface area (TPSA) is 71.3 Å². The van der Waals surface area contributed by atoms with Crippen LogP contribution in [0.5, 0.6) is 0 Å². The molecule has 2 aromatic heterocycles. The monoisotopic (exact) mass is 298 g/mol. The first-order chi connectivity index (χ1) is 10.8. The second-order valence-electron chi connectivity index (χ2n) is 5.99. The van der Waals surface area contributed by atoms with Gasteiger partial charge in [-0.1, -0.05) is 5.16 Å². The van der Waals surface area contributed by atoms with Gasteiger partial charge in [0.2, 0.25) is 0 Å². The van der Waals surface area contributed by atoms with E-state index in [0.717, 1.165) is 31.5 Å². The van der Waals surface area contributed by atoms with Gasteiger partial charge in [-0.25, -0.2) is 0 Å². The molecule has 0 spiro atoms. The van der Waals surface area contributed by atoms with Crippen LogP contribution in [0, 0.1) is 0 Å². The number of likely N-dealkylation sites (tertiary alicyclic amines) is 1. The lowest BCUT2D eigenvalue weighted by molar-refractivity contribution is 0.0738. The molecule has 1 amide bonds. The molecule has 4 heterocycles. The molecule has 0 aliphatic carbocycles. The molecular formula is C16H18N4O2. The minimum atomic E-state index is -0.0431. The Morgan fingerprint density at radius 1 is 1.23 bits per heavy atom. The minimum Gasteiger partial charge on any atom is -0.355 e. The van der Waals surface area contributed by atoms with Crippen molar-refractivity contribution in [2.75, 3.05) is 13.1 Å². The van der Waals surface area contributed by atoms with Crippen LogP contribution in [0.1, 0.15) is 29.8 Å². The number of carbonyl (C=O) groups excluding carboxylic acids is 1. The van der Waals surface area contributed by atoms with Gasteiger partial charge < -0.3 is 14.7 Å². The van der Waals surface area contributed by atoms with Gasteiger partial charge in [-0.3, -0.25) is 9.78 Å². The highest BCUT2D eigenvalue weighted by Gasteiger charge is 2.32. The first-order valence-corrected chi connectivity index (χ1v) is 7.72. The standard InChI is InChI=1S/C16H18N4O2/c21-16(20-8-5-12-1-2-13(10-20)18-12)14-9-15(22-19-14)11-3-6-17-7-4-11/h3-4,6-7,9,12-13,18H,1-2,5,8,10H2. The molecule has 2 unspecified atom stereocenters. The van der Waals surface area contributed by atoms with E-state index in [0.29, 0.717) is 23.5 Å². The third-order valence-electron chi connectivity index (χ3n) is 4.50. The zero-order valence-electron chi connectivity index (χ0n) is 12.2. The molecule has 2 saturated heterocycles. The number of carbonyl (C=O) groups is 1. The predicted molar refractivity (Wildman–Crippen MR) is 80.2 cm³/mol. The van der Waals surface area contributed by atoms with Crippen molar-refractivity contribution < 1.29 is 9.32 Å². The predicted octanol–water partition coefficient (Wildman–Crippen LogP) is 1.70. The fourth-order valence-electron chi connectivity index (χ4n) is 3.32. The molecule has 4 rings (SSSR count). The summed E-state index contributed by atoms with van der Waals surface area (Å²) in [6.45, 7) is 1.54. The lowest BCUT2D eigenvalue weighted by Crippen LogP contribution is -2.39. The zero-order valence-corrected chi connectivity index (χ0v) is 12.2. The number of pyridine rings is 1. The number of amides is 1. The fraction of sp³-hybridized carbons (Fsp3) is 0.438. The van der Waals surface area contributed by atoms with Crippen LogP contribution in [0.4, 0.5) is 0 Å². The highest BCUT2D eigenvalue weighted by Crippen LogP contribution is 2.23. The molecule has 114 valence electrons. The summed E-state index contributed by atoms with van der Waals surface area (Å²) >= 11 is 0. The van der Waals surface area contributed by atoms with Gasteiger partial charge in [-0.15, -0.1) is 0 Å². The van der Waals surface area contributed by atoms with E-state index < -0.39 is 0 Å². The summed E-state index contributed by atoms with van der Waals surface area (Å²) in [4.78, 5) is 18.5. The van der Waals surface area contributed by atoms with E-state index in [2.05, 4.69) is 15.5 Å². The van der Waals surface area contributed by atoms with E-state index in [1.54, 1.807) is 18.5 Å². The Labute approximate surface area is 128 Å². The molecule has 22 heavy (non-hydrogen) atoms. The molecule has 0 saturated carbocycles. The lowest BCUT2D eigenvalue weighted by atomic mass is 10.1. The van der Waals surface area contributed by atoms with Crippen LogP contribution in [-0.2, 0) is 0 Å². The van der Waals surface area contributed by atoms with Gasteiger partial charge in [0, 0.05) is 49.2 Å². The van der Waals surface area contributed by atoms with Crippen LogP contribution >= 0.6 is 0 Å². The van der Waals surface area contributed by atoms with E-state index in [-0.39, 0.29) is 5.91 Å². The number of aromatic nitrogens is 2. The van der Waals surface area contributed by atoms with Crippen LogP contribution in [-0.4, -0.2) is 46.1 Å². The van der Waals surface area contributed by atoms with Gasteiger partial charge in [0.05, 0.1) is 0 Å². The number of rotatable bonds is 2. The SMILES string of the molecule is O=C(c1cc(-c2ccncc2)on1)N1CCC2CCC(C1)N2. The number of nitrogens with one attached hydrogen (secondary N) is 1. The maximum absolute atomic E-state index is 12.6. The summed E-state index contributed by atoms with van der Waals surface area (Å²) in [5.74, 6) is 0.554. The molecule has 2 atom stereocenters. The van der Waals surface area contributed by atoms with Crippen molar-refractivity contribution in [2.24, 2.45) is 0 Å². The normalized spacial score (nSPS) is 24.3. The highest BCUT2D eigenvalue weighted by atomic mass is 16.5. The largest absolute Gasteiger partial charge is 0.355 e. The van der Waals surface area contributed by atoms with E-state index in [1.165, 1.54) is 6.42 Å². The van der Waals surface area contributed by atoms with Crippen molar-refractivity contribution in [3.63, 3.8) is 0 Å². The summed E-state index contributed by atoms with van der Waals surface area (Å²) in [6.07, 6.45) is 6.77. The summed E-state index contributed by atoms with van der Waals surface area (Å²) in [5.41, 5.74) is 1.25. The molecule has 0 aromatic carbocycles. The Hall–Kier alpha value is -2.21. The third kappa shape index (κ3) is 2.50. The summed E-state index contributed by atoms with van der Waals surface area (Å²) in [5, 5.41) is 7.53. The van der Waals surface area contributed by atoms with Gasteiger partial charge in [0.15, 0.2) is 11.5 Å². The Morgan fingerprint density at radius 3 is 2.91 bits per heavy atom. The van der Waals surface area contributed by atoms with Crippen LogP contribution < -0.4 is 5.32 Å². The second kappa shape index (κ2) is 5.53. The van der Waals surface area contributed by atoms with Crippen LogP contribution in [0.2, 0.25) is 0 Å². The van der Waals surface area contributed by atoms with E-state index in [9.17, 15) is 4.79 Å². The molecule has 2 aliphatic heterocycles. The molecule has 6 heteroatoms. The number of hydrogen-bond acceptors (Lipinski definition) is 5. The molecule has 1 N–H and O–H groups in total. The molecule has 2 bridgehead atoms. The van der Waals surface area contributed by atoms with Crippen molar-refractivity contribution in [1.82, 2.24) is 20.4 Å². The average molecular weight is 298 g/mol. The minimum absolute atomic E-state index is 0.0431. The van der Waals surface area contributed by atoms with Crippen molar-refractivity contribution in [3.8, 4) is 11.3 Å². The number of hydrogen-bond donors (Lipinski definition) is 1. The molecule has 0 radical (unpaired) electrons. The Bertz CT molecular complexity index is 670. The quantitative estimate of drug-likeness (QED) is 0.913. The van der Waals surface area contributed by atoms with Crippen molar-refractivity contribution in [3.05, 3.63) is 36.3 Å². The highest BCUT2D eigenvalue weighted by molar-refractivity contribution is 5.93. The average Bonchev–Trinajstić information content (AvgIpc) is 3.14. The zero-order chi connectivity index (χ0) is 14.9. The number of fused-ring (bicyclic) bond motifs is 2. The van der Waals surface area contributed by atoms with Crippen molar-refractivity contribution in [1.29, 1.82) is 0 Å². The van der Waals surface area contributed by atoms with Gasteiger partial charge in [0.1, 0.15) is 0 Å². The first-order valence-electron chi connectivity index (χ1n) is 7.72. The first kappa shape index (κ1) is 13.5. The van der Waals surface area contributed by atoms with Crippen molar-refractivity contribution in [2.45, 2.75) is 31.3 Å². The van der Waals surface area contributed by atoms with Gasteiger partial charge in [-0.2, -0.15) is 0 Å². The Morgan fingerprint density at radius 2 is 2.05 bits per heavy atom. The van der Waals surface area contributed by atoms with Crippen LogP contribution in [0.3, 0.4) is 0 Å². The summed E-state index contributed by atoms with van der Waals surface area (Å²) < 4.78 is 5.31. The molecule has 6 nitrogen and oxygen atoms in total. The maximum Gasteiger partial charge on any atom is 0.276 e. The van der Waals surface area contributed by atoms with Crippen molar-refractivity contribution >= 4 is 5.91 Å². The molecule has 2 aromatic rings. The third-order valence-corrected chi connectivity index (χ3v) is 4.50. The number of nitrogens with zero attached hydrogens (tertiary/aromatic N) is 3. The van der Waals surface area contributed by atoms with Gasteiger partial charge >= 0.3 is 0 Å².